The third-order valence-electron chi connectivity index (χ3n) is 4.19. The Morgan fingerprint density at radius 2 is 2.46 bits per heavy atom. The summed E-state index contributed by atoms with van der Waals surface area (Å²) in [4.78, 5) is 24.6. The summed E-state index contributed by atoms with van der Waals surface area (Å²) in [6.07, 6.45) is 4.61. The van der Waals surface area contributed by atoms with E-state index in [1.807, 2.05) is 19.1 Å². The van der Waals surface area contributed by atoms with Crippen LogP contribution in [0.4, 0.5) is 5.13 Å². The molecule has 0 radical (unpaired) electrons. The molecule has 0 aromatic carbocycles. The highest BCUT2D eigenvalue weighted by Crippen LogP contribution is 2.30. The van der Waals surface area contributed by atoms with Crippen molar-refractivity contribution in [2.75, 3.05) is 37.7 Å². The monoisotopic (exact) mass is 348 g/mol. The van der Waals surface area contributed by atoms with Crippen molar-refractivity contribution in [2.45, 2.75) is 26.2 Å². The summed E-state index contributed by atoms with van der Waals surface area (Å²) in [6.45, 7) is 5.77. The molecule has 0 aliphatic carbocycles. The topological polar surface area (TPSA) is 67.3 Å². The van der Waals surface area contributed by atoms with Gasteiger partial charge in [0, 0.05) is 39.0 Å². The molecule has 7 heteroatoms. The molecule has 0 unspecified atom stereocenters. The Hall–Kier alpha value is -1.73. The quantitative estimate of drug-likeness (QED) is 0.779. The number of pyridine rings is 1. The van der Waals surface area contributed by atoms with Crippen molar-refractivity contribution >= 4 is 32.7 Å². The molecule has 1 N–H and O–H groups in total. The van der Waals surface area contributed by atoms with Crippen LogP contribution in [-0.4, -0.2) is 48.7 Å². The molecule has 1 atom stereocenters. The minimum Gasteiger partial charge on any atom is -0.382 e. The maximum Gasteiger partial charge on any atom is 0.224 e. The summed E-state index contributed by atoms with van der Waals surface area (Å²) in [5.74, 6) is 0.182. The van der Waals surface area contributed by atoms with E-state index in [0.717, 1.165) is 54.4 Å². The molecule has 0 saturated carbocycles. The molecule has 3 rings (SSSR count). The molecule has 2 aromatic rings. The maximum atomic E-state index is 12.4. The Bertz CT molecular complexity index is 642. The van der Waals surface area contributed by atoms with Crippen LogP contribution in [0.15, 0.2) is 18.3 Å². The number of fused-ring (bicyclic) bond motifs is 1. The third-order valence-corrected chi connectivity index (χ3v) is 5.23. The largest absolute Gasteiger partial charge is 0.382 e. The molecular formula is C17H24N4O2S. The van der Waals surface area contributed by atoms with Crippen molar-refractivity contribution in [3.05, 3.63) is 18.3 Å². The molecule has 3 heterocycles. The summed E-state index contributed by atoms with van der Waals surface area (Å²) in [5.41, 5.74) is 0.931. The van der Waals surface area contributed by atoms with Gasteiger partial charge in [-0.05, 0) is 38.3 Å². The lowest BCUT2D eigenvalue weighted by Gasteiger charge is -2.31. The second-order valence-corrected chi connectivity index (χ2v) is 6.91. The van der Waals surface area contributed by atoms with Gasteiger partial charge < -0.3 is 15.0 Å². The van der Waals surface area contributed by atoms with Crippen LogP contribution in [0, 0.1) is 5.92 Å². The SMILES string of the molecule is CCOCCCNC(=O)[C@@H]1CCCN(c2nc3cccnc3s2)C1. The maximum absolute atomic E-state index is 12.4. The molecule has 6 nitrogen and oxygen atoms in total. The van der Waals surface area contributed by atoms with Crippen molar-refractivity contribution < 1.29 is 9.53 Å². The first-order chi connectivity index (χ1) is 11.8. The Balaban J connectivity index is 1.54. The van der Waals surface area contributed by atoms with Crippen LogP contribution in [0.5, 0.6) is 0 Å². The number of aromatic nitrogens is 2. The lowest BCUT2D eigenvalue weighted by molar-refractivity contribution is -0.125. The number of carbonyl (C=O) groups is 1. The molecule has 1 amide bonds. The molecular weight excluding hydrogens is 324 g/mol. The fourth-order valence-corrected chi connectivity index (χ4v) is 3.88. The zero-order valence-corrected chi connectivity index (χ0v) is 14.8. The van der Waals surface area contributed by atoms with E-state index in [2.05, 4.69) is 20.2 Å². The molecule has 1 aliphatic rings. The molecule has 24 heavy (non-hydrogen) atoms. The fraction of sp³-hybridized carbons (Fsp3) is 0.588. The molecule has 0 spiro atoms. The summed E-state index contributed by atoms with van der Waals surface area (Å²) in [6, 6.07) is 3.88. The van der Waals surface area contributed by atoms with E-state index in [9.17, 15) is 4.79 Å². The fourth-order valence-electron chi connectivity index (χ4n) is 2.93. The van der Waals surface area contributed by atoms with E-state index in [1.54, 1.807) is 17.5 Å². The van der Waals surface area contributed by atoms with Gasteiger partial charge in [0.1, 0.15) is 10.3 Å². The van der Waals surface area contributed by atoms with Crippen LogP contribution in [0.3, 0.4) is 0 Å². The first-order valence-corrected chi connectivity index (χ1v) is 9.41. The number of amides is 1. The average Bonchev–Trinajstić information content (AvgIpc) is 3.06. The van der Waals surface area contributed by atoms with Gasteiger partial charge in [0.25, 0.3) is 0 Å². The molecule has 130 valence electrons. The van der Waals surface area contributed by atoms with Gasteiger partial charge in [0.2, 0.25) is 5.91 Å². The van der Waals surface area contributed by atoms with Crippen LogP contribution in [0.2, 0.25) is 0 Å². The number of anilines is 1. The van der Waals surface area contributed by atoms with E-state index in [4.69, 9.17) is 4.74 Å². The zero-order valence-electron chi connectivity index (χ0n) is 14.0. The minimum absolute atomic E-state index is 0.0332. The van der Waals surface area contributed by atoms with E-state index < -0.39 is 0 Å². The van der Waals surface area contributed by atoms with Gasteiger partial charge in [0.15, 0.2) is 5.13 Å². The molecule has 1 aliphatic heterocycles. The van der Waals surface area contributed by atoms with Crippen molar-refractivity contribution in [1.29, 1.82) is 0 Å². The van der Waals surface area contributed by atoms with Crippen molar-refractivity contribution in [2.24, 2.45) is 5.92 Å². The smallest absolute Gasteiger partial charge is 0.224 e. The third kappa shape index (κ3) is 4.21. The minimum atomic E-state index is 0.0332. The van der Waals surface area contributed by atoms with Crippen molar-refractivity contribution in [3.8, 4) is 0 Å². The Morgan fingerprint density at radius 1 is 1.54 bits per heavy atom. The van der Waals surface area contributed by atoms with E-state index in [1.165, 1.54) is 0 Å². The normalized spacial score (nSPS) is 18.0. The number of rotatable bonds is 7. The summed E-state index contributed by atoms with van der Waals surface area (Å²) in [7, 11) is 0. The lowest BCUT2D eigenvalue weighted by Crippen LogP contribution is -2.43. The van der Waals surface area contributed by atoms with Crippen LogP contribution in [0.25, 0.3) is 10.3 Å². The Labute approximate surface area is 146 Å². The molecule has 1 fully saturated rings. The van der Waals surface area contributed by atoms with Crippen LogP contribution in [-0.2, 0) is 9.53 Å². The standard InChI is InChI=1S/C17H24N4O2S/c1-2-23-11-5-9-18-15(22)13-6-4-10-21(12-13)17-20-14-7-3-8-19-16(14)24-17/h3,7-8,13H,2,4-6,9-12H2,1H3,(H,18,22)/t13-/m1/s1. The van der Waals surface area contributed by atoms with Crippen molar-refractivity contribution in [3.63, 3.8) is 0 Å². The van der Waals surface area contributed by atoms with Gasteiger partial charge >= 0.3 is 0 Å². The highest BCUT2D eigenvalue weighted by molar-refractivity contribution is 7.21. The predicted octanol–water partition coefficient (Wildman–Crippen LogP) is 2.45. The van der Waals surface area contributed by atoms with Gasteiger partial charge in [-0.2, -0.15) is 0 Å². The lowest BCUT2D eigenvalue weighted by atomic mass is 9.97. The van der Waals surface area contributed by atoms with Gasteiger partial charge in [-0.25, -0.2) is 9.97 Å². The van der Waals surface area contributed by atoms with E-state index >= 15 is 0 Å². The molecule has 1 saturated heterocycles. The van der Waals surface area contributed by atoms with Crippen molar-refractivity contribution in [1.82, 2.24) is 15.3 Å². The Kier molecular flexibility index (Phi) is 5.98. The second-order valence-electron chi connectivity index (χ2n) is 5.95. The number of carbonyl (C=O) groups excluding carboxylic acids is 1. The first-order valence-electron chi connectivity index (χ1n) is 8.60. The number of ether oxygens (including phenoxy) is 1. The summed E-state index contributed by atoms with van der Waals surface area (Å²) in [5, 5.41) is 4.00. The summed E-state index contributed by atoms with van der Waals surface area (Å²) < 4.78 is 5.29. The highest BCUT2D eigenvalue weighted by Gasteiger charge is 2.27. The number of piperidine rings is 1. The van der Waals surface area contributed by atoms with Crippen LogP contribution >= 0.6 is 11.3 Å². The van der Waals surface area contributed by atoms with Gasteiger partial charge in [-0.1, -0.05) is 11.3 Å². The number of thiazole rings is 1. The van der Waals surface area contributed by atoms with Gasteiger partial charge in [0.05, 0.1) is 5.92 Å². The van der Waals surface area contributed by atoms with Crippen LogP contribution < -0.4 is 10.2 Å². The van der Waals surface area contributed by atoms with Gasteiger partial charge in [-0.3, -0.25) is 4.79 Å². The van der Waals surface area contributed by atoms with Gasteiger partial charge in [-0.15, -0.1) is 0 Å². The van der Waals surface area contributed by atoms with Crippen LogP contribution in [0.1, 0.15) is 26.2 Å². The van der Waals surface area contributed by atoms with E-state index in [0.29, 0.717) is 13.2 Å². The van der Waals surface area contributed by atoms with E-state index in [-0.39, 0.29) is 11.8 Å². The Morgan fingerprint density at radius 3 is 3.29 bits per heavy atom. The zero-order chi connectivity index (χ0) is 16.8. The number of hydrogen-bond acceptors (Lipinski definition) is 6. The number of hydrogen-bond donors (Lipinski definition) is 1. The molecule has 0 bridgehead atoms. The summed E-state index contributed by atoms with van der Waals surface area (Å²) >= 11 is 1.60. The average molecular weight is 348 g/mol. The molecule has 2 aromatic heterocycles. The highest BCUT2D eigenvalue weighted by atomic mass is 32.1. The second kappa shape index (κ2) is 8.39. The predicted molar refractivity (Wildman–Crippen MR) is 96.5 cm³/mol. The number of nitrogens with one attached hydrogen (secondary N) is 1. The first kappa shape index (κ1) is 17.1. The number of nitrogens with zero attached hydrogens (tertiary/aromatic N) is 3.